The van der Waals surface area contributed by atoms with Crippen molar-refractivity contribution in [2.45, 2.75) is 60.9 Å². The number of rotatable bonds is 12. The van der Waals surface area contributed by atoms with E-state index in [-0.39, 0.29) is 52.4 Å². The van der Waals surface area contributed by atoms with E-state index in [1.807, 2.05) is 0 Å². The van der Waals surface area contributed by atoms with Crippen LogP contribution in [-0.2, 0) is 23.7 Å². The number of hydrogen-bond donors (Lipinski definition) is 7. The lowest BCUT2D eigenvalue weighted by molar-refractivity contribution is -0.319. The molecular formula is C33H44O17. The average molecular weight is 713 g/mol. The van der Waals surface area contributed by atoms with Crippen LogP contribution in [0.2, 0.25) is 0 Å². The van der Waals surface area contributed by atoms with Gasteiger partial charge in [-0.25, -0.2) is 0 Å². The molecule has 0 unspecified atom stereocenters. The van der Waals surface area contributed by atoms with Crippen LogP contribution >= 0.6 is 0 Å². The second-order valence-corrected chi connectivity index (χ2v) is 12.7. The van der Waals surface area contributed by atoms with Gasteiger partial charge in [0, 0.05) is 11.8 Å². The molecule has 0 aromatic heterocycles. The van der Waals surface area contributed by atoms with E-state index >= 15 is 0 Å². The van der Waals surface area contributed by atoms with E-state index in [1.54, 1.807) is 24.3 Å². The lowest BCUT2D eigenvalue weighted by atomic mass is 9.84. The number of hydrogen-bond acceptors (Lipinski definition) is 17. The zero-order chi connectivity index (χ0) is 35.9. The summed E-state index contributed by atoms with van der Waals surface area (Å²) in [5.41, 5.74) is -0.567. The fourth-order valence-electron chi connectivity index (χ4n) is 6.97. The fraction of sp³-hybridized carbons (Fsp3) is 0.636. The molecule has 2 aromatic rings. The molecule has 4 heterocycles. The Morgan fingerprint density at radius 1 is 0.740 bits per heavy atom. The minimum absolute atomic E-state index is 0.0239. The van der Waals surface area contributed by atoms with Gasteiger partial charge in [-0.05, 0) is 35.4 Å². The number of aromatic hydroxyl groups is 1. The Kier molecular flexibility index (Phi) is 10.8. The molecular weight excluding hydrogens is 668 g/mol. The molecule has 17 nitrogen and oxygen atoms in total. The summed E-state index contributed by atoms with van der Waals surface area (Å²) in [5, 5.41) is 72.4. The monoisotopic (exact) mass is 712 g/mol. The quantitative estimate of drug-likeness (QED) is 0.142. The molecule has 12 atom stereocenters. The minimum Gasteiger partial charge on any atom is -0.502 e. The molecule has 0 aliphatic carbocycles. The van der Waals surface area contributed by atoms with Gasteiger partial charge in [0.25, 0.3) is 0 Å². The number of benzene rings is 2. The summed E-state index contributed by atoms with van der Waals surface area (Å²) in [4.78, 5) is 0. The Balaban J connectivity index is 1.26. The maximum absolute atomic E-state index is 11.0. The molecule has 17 heteroatoms. The van der Waals surface area contributed by atoms with Gasteiger partial charge in [-0.2, -0.15) is 0 Å². The third kappa shape index (κ3) is 6.41. The summed E-state index contributed by atoms with van der Waals surface area (Å²) in [6.07, 6.45) is -11.8. The summed E-state index contributed by atoms with van der Waals surface area (Å²) in [6.45, 7) is -1.24. The highest BCUT2D eigenvalue weighted by molar-refractivity contribution is 5.55. The zero-order valence-electron chi connectivity index (χ0n) is 27.9. The van der Waals surface area contributed by atoms with Crippen molar-refractivity contribution in [3.63, 3.8) is 0 Å². The molecule has 4 aliphatic heterocycles. The van der Waals surface area contributed by atoms with Crippen LogP contribution in [0.4, 0.5) is 0 Å². The molecule has 50 heavy (non-hydrogen) atoms. The van der Waals surface area contributed by atoms with Crippen molar-refractivity contribution in [2.24, 2.45) is 11.8 Å². The maximum Gasteiger partial charge on any atom is 0.230 e. The molecule has 0 radical (unpaired) electrons. The zero-order valence-corrected chi connectivity index (χ0v) is 27.9. The van der Waals surface area contributed by atoms with Crippen LogP contribution < -0.4 is 23.7 Å². The van der Waals surface area contributed by atoms with E-state index in [0.29, 0.717) is 18.8 Å². The third-order valence-corrected chi connectivity index (χ3v) is 9.84. The van der Waals surface area contributed by atoms with E-state index < -0.39 is 74.6 Å². The second-order valence-electron chi connectivity index (χ2n) is 12.7. The third-order valence-electron chi connectivity index (χ3n) is 9.84. The molecule has 6 rings (SSSR count). The molecule has 278 valence electrons. The molecule has 4 aliphatic rings. The van der Waals surface area contributed by atoms with Crippen molar-refractivity contribution in [3.05, 3.63) is 35.4 Å². The second kappa shape index (κ2) is 14.8. The number of fused-ring (bicyclic) bond motifs is 1. The molecule has 4 fully saturated rings. The molecule has 0 saturated carbocycles. The van der Waals surface area contributed by atoms with E-state index in [9.17, 15) is 35.7 Å². The van der Waals surface area contributed by atoms with Gasteiger partial charge in [0.2, 0.25) is 17.8 Å². The SMILES string of the molecule is COc1cc([C@H]2OC[C@H]3[C@@H]2CO[C@@H]3c2cc(OC)c(O[C@H]3O[C@H](CO)[C@@H](O)[C@H](O)[C@H]3O[C@H]3OC[C@](O)(CO)[C@H]3O)c(OC)c2)cc(OC)c1O. The van der Waals surface area contributed by atoms with Crippen LogP contribution in [0.1, 0.15) is 23.3 Å². The van der Waals surface area contributed by atoms with Crippen molar-refractivity contribution in [2.75, 3.05) is 61.5 Å². The van der Waals surface area contributed by atoms with Gasteiger partial charge in [0.05, 0.1) is 73.7 Å². The summed E-state index contributed by atoms with van der Waals surface area (Å²) in [6, 6.07) is 6.82. The Labute approximate surface area is 287 Å². The summed E-state index contributed by atoms with van der Waals surface area (Å²) in [7, 11) is 5.73. The Hall–Kier alpha value is -3.20. The number of methoxy groups -OCH3 is 4. The Bertz CT molecular complexity index is 1440. The number of aliphatic hydroxyl groups excluding tert-OH is 5. The van der Waals surface area contributed by atoms with Crippen molar-refractivity contribution in [3.8, 4) is 34.5 Å². The molecule has 4 saturated heterocycles. The van der Waals surface area contributed by atoms with Crippen LogP contribution in [-0.4, -0.2) is 146 Å². The van der Waals surface area contributed by atoms with E-state index in [1.165, 1.54) is 28.4 Å². The van der Waals surface area contributed by atoms with Crippen LogP contribution in [0.3, 0.4) is 0 Å². The first-order valence-electron chi connectivity index (χ1n) is 16.0. The Morgan fingerprint density at radius 3 is 1.72 bits per heavy atom. The predicted molar refractivity (Wildman–Crippen MR) is 166 cm³/mol. The summed E-state index contributed by atoms with van der Waals surface area (Å²) < 4.78 is 57.7. The predicted octanol–water partition coefficient (Wildman–Crippen LogP) is -0.855. The number of phenolic OH excluding ortho intramolecular Hbond substituents is 1. The highest BCUT2D eigenvalue weighted by Gasteiger charge is 2.54. The lowest BCUT2D eigenvalue weighted by Crippen LogP contribution is -2.62. The summed E-state index contributed by atoms with van der Waals surface area (Å²) in [5.74, 6) is 0.665. The highest BCUT2D eigenvalue weighted by Crippen LogP contribution is 2.54. The van der Waals surface area contributed by atoms with Gasteiger partial charge in [0.1, 0.15) is 30.0 Å². The van der Waals surface area contributed by atoms with Gasteiger partial charge < -0.3 is 83.1 Å². The maximum atomic E-state index is 11.0. The highest BCUT2D eigenvalue weighted by atomic mass is 16.8. The first-order chi connectivity index (χ1) is 24.0. The van der Waals surface area contributed by atoms with E-state index in [2.05, 4.69) is 0 Å². The molecule has 0 bridgehead atoms. The van der Waals surface area contributed by atoms with E-state index in [0.717, 1.165) is 5.56 Å². The number of phenols is 1. The minimum atomic E-state index is -2.02. The van der Waals surface area contributed by atoms with Crippen molar-refractivity contribution < 1.29 is 83.1 Å². The smallest absolute Gasteiger partial charge is 0.230 e. The van der Waals surface area contributed by atoms with Crippen LogP contribution in [0.15, 0.2) is 24.3 Å². The first-order valence-corrected chi connectivity index (χ1v) is 16.0. The van der Waals surface area contributed by atoms with Gasteiger partial charge in [0.15, 0.2) is 35.4 Å². The van der Waals surface area contributed by atoms with Crippen molar-refractivity contribution in [1.29, 1.82) is 0 Å². The van der Waals surface area contributed by atoms with Crippen molar-refractivity contribution >= 4 is 0 Å². The van der Waals surface area contributed by atoms with Crippen molar-refractivity contribution in [1.82, 2.24) is 0 Å². The molecule has 7 N–H and O–H groups in total. The largest absolute Gasteiger partial charge is 0.502 e. The molecule has 0 amide bonds. The first kappa shape index (κ1) is 36.6. The fourth-order valence-corrected chi connectivity index (χ4v) is 6.97. The van der Waals surface area contributed by atoms with Gasteiger partial charge in [-0.1, -0.05) is 0 Å². The number of ether oxygens (including phenoxy) is 10. The van der Waals surface area contributed by atoms with Crippen LogP contribution in [0.5, 0.6) is 34.5 Å². The number of aliphatic hydroxyl groups is 6. The molecule has 0 spiro atoms. The standard InChI is InChI=1S/C33H44O17/c1-41-18-5-14(6-19(42-2)23(18)36)26-16-10-46-27(17(16)11-45-26)15-7-20(43-3)28(21(8-15)44-4)49-31-29(25(38)24(37)22(9-34)48-31)50-32-30(39)33(40,12-35)13-47-32/h5-8,16-17,22,24-27,29-32,34-40H,9-13H2,1-4H3/t16-,17-,22+,24+,25-,26+,27+,29+,30-,31+,32+,33+/m0/s1. The Morgan fingerprint density at radius 2 is 1.26 bits per heavy atom. The van der Waals surface area contributed by atoms with Gasteiger partial charge >= 0.3 is 0 Å². The van der Waals surface area contributed by atoms with Crippen LogP contribution in [0, 0.1) is 11.8 Å². The van der Waals surface area contributed by atoms with E-state index in [4.69, 9.17) is 47.4 Å². The van der Waals surface area contributed by atoms with Crippen LogP contribution in [0.25, 0.3) is 0 Å². The van der Waals surface area contributed by atoms with Gasteiger partial charge in [-0.15, -0.1) is 0 Å². The summed E-state index contributed by atoms with van der Waals surface area (Å²) >= 11 is 0. The van der Waals surface area contributed by atoms with Gasteiger partial charge in [-0.3, -0.25) is 0 Å². The normalized spacial score (nSPS) is 36.6. The topological polar surface area (TPSA) is 234 Å². The lowest BCUT2D eigenvalue weighted by Gasteiger charge is -2.42. The molecule has 2 aromatic carbocycles. The average Bonchev–Trinajstić information content (AvgIpc) is 3.82.